The lowest BCUT2D eigenvalue weighted by Crippen LogP contribution is -2.19. The Morgan fingerprint density at radius 2 is 1.69 bits per heavy atom. The lowest BCUT2D eigenvalue weighted by molar-refractivity contribution is 0.626. The van der Waals surface area contributed by atoms with Crippen molar-refractivity contribution < 1.29 is 13.0 Å². The third-order valence-electron chi connectivity index (χ3n) is 4.93. The van der Waals surface area contributed by atoms with Crippen molar-refractivity contribution in [1.29, 1.82) is 0 Å². The third kappa shape index (κ3) is 4.23. The van der Waals surface area contributed by atoms with Crippen molar-refractivity contribution in [2.45, 2.75) is 22.6 Å². The molecule has 2 N–H and O–H groups in total. The van der Waals surface area contributed by atoms with Crippen LogP contribution in [-0.2, 0) is 10.8 Å². The van der Waals surface area contributed by atoms with Crippen molar-refractivity contribution in [3.8, 4) is 0 Å². The Kier molecular flexibility index (Phi) is 6.01. The summed E-state index contributed by atoms with van der Waals surface area (Å²) in [5.74, 6) is -1.11. The predicted molar refractivity (Wildman–Crippen MR) is 110 cm³/mol. The minimum Gasteiger partial charge on any atom is -0.334 e. The van der Waals surface area contributed by atoms with Crippen LogP contribution in [0.1, 0.15) is 29.3 Å². The highest BCUT2D eigenvalue weighted by Gasteiger charge is 2.27. The summed E-state index contributed by atoms with van der Waals surface area (Å²) < 4.78 is 40.2. The maximum Gasteiger partial charge on any atom is 0.141 e. The van der Waals surface area contributed by atoms with Gasteiger partial charge in [-0.2, -0.15) is 0 Å². The van der Waals surface area contributed by atoms with Gasteiger partial charge in [0.1, 0.15) is 22.5 Å². The normalized spacial score (nSPS) is 17.8. The van der Waals surface area contributed by atoms with E-state index in [0.717, 1.165) is 13.0 Å². The minimum atomic E-state index is -1.24. The van der Waals surface area contributed by atoms with E-state index < -0.39 is 28.4 Å². The first kappa shape index (κ1) is 20.5. The molecule has 2 atom stereocenters. The summed E-state index contributed by atoms with van der Waals surface area (Å²) in [6, 6.07) is 8.70. The van der Waals surface area contributed by atoms with Crippen LogP contribution < -0.4 is 5.32 Å². The molecular formula is C20H17Cl2F2N3OS. The van der Waals surface area contributed by atoms with Gasteiger partial charge in [0.15, 0.2) is 0 Å². The van der Waals surface area contributed by atoms with Gasteiger partial charge in [0.25, 0.3) is 0 Å². The summed E-state index contributed by atoms with van der Waals surface area (Å²) in [5, 5.41) is 3.66. The van der Waals surface area contributed by atoms with Crippen LogP contribution >= 0.6 is 23.2 Å². The van der Waals surface area contributed by atoms with Crippen LogP contribution in [0, 0.1) is 11.6 Å². The SMILES string of the molecule is O=S(c1cnc(C(c2ccc(F)c(Cl)c2)c2ccc(F)c(Cl)c2)[nH]1)C1CCNC1. The molecule has 1 aromatic heterocycles. The average molecular weight is 456 g/mol. The van der Waals surface area contributed by atoms with Crippen LogP contribution in [0.2, 0.25) is 10.0 Å². The molecule has 0 bridgehead atoms. The highest BCUT2D eigenvalue weighted by atomic mass is 35.5. The molecule has 29 heavy (non-hydrogen) atoms. The summed E-state index contributed by atoms with van der Waals surface area (Å²) in [5.41, 5.74) is 1.29. The van der Waals surface area contributed by atoms with Gasteiger partial charge < -0.3 is 10.3 Å². The van der Waals surface area contributed by atoms with Gasteiger partial charge in [0.2, 0.25) is 0 Å². The molecule has 0 aliphatic carbocycles. The first-order valence-electron chi connectivity index (χ1n) is 9.00. The average Bonchev–Trinajstić information content (AvgIpc) is 3.39. The van der Waals surface area contributed by atoms with Gasteiger partial charge in [-0.25, -0.2) is 13.8 Å². The Balaban J connectivity index is 1.77. The molecule has 0 saturated carbocycles. The van der Waals surface area contributed by atoms with Crippen LogP contribution in [0.4, 0.5) is 8.78 Å². The smallest absolute Gasteiger partial charge is 0.141 e. The largest absolute Gasteiger partial charge is 0.334 e. The molecule has 0 spiro atoms. The first-order chi connectivity index (χ1) is 13.9. The summed E-state index contributed by atoms with van der Waals surface area (Å²) >= 11 is 12.0. The second kappa shape index (κ2) is 8.52. The number of nitrogens with zero attached hydrogens (tertiary/aromatic N) is 1. The second-order valence-corrected chi connectivity index (χ2v) is 9.34. The van der Waals surface area contributed by atoms with E-state index in [0.29, 0.717) is 28.5 Å². The molecule has 9 heteroatoms. The van der Waals surface area contributed by atoms with E-state index in [9.17, 15) is 13.0 Å². The van der Waals surface area contributed by atoms with Crippen molar-refractivity contribution in [3.05, 3.63) is 81.2 Å². The number of imidazole rings is 1. The van der Waals surface area contributed by atoms with Crippen molar-refractivity contribution in [2.24, 2.45) is 0 Å². The van der Waals surface area contributed by atoms with E-state index in [1.165, 1.54) is 24.3 Å². The third-order valence-corrected chi connectivity index (χ3v) is 7.16. The van der Waals surface area contributed by atoms with E-state index in [1.54, 1.807) is 18.3 Å². The Bertz CT molecular complexity index is 1020. The fraction of sp³-hybridized carbons (Fsp3) is 0.250. The molecular weight excluding hydrogens is 439 g/mol. The van der Waals surface area contributed by atoms with Crippen molar-refractivity contribution in [1.82, 2.24) is 15.3 Å². The number of aromatic amines is 1. The Morgan fingerprint density at radius 3 is 2.21 bits per heavy atom. The fourth-order valence-corrected chi connectivity index (χ4v) is 5.15. The van der Waals surface area contributed by atoms with E-state index in [4.69, 9.17) is 23.2 Å². The number of hydrogen-bond acceptors (Lipinski definition) is 3. The predicted octanol–water partition coefficient (Wildman–Crippen LogP) is 4.64. The molecule has 2 heterocycles. The Labute approximate surface area is 179 Å². The molecule has 152 valence electrons. The van der Waals surface area contributed by atoms with Crippen LogP contribution in [0.15, 0.2) is 47.6 Å². The molecule has 0 radical (unpaired) electrons. The van der Waals surface area contributed by atoms with E-state index in [1.807, 2.05) is 0 Å². The summed E-state index contributed by atoms with van der Waals surface area (Å²) in [4.78, 5) is 7.57. The molecule has 1 aliphatic rings. The fourth-order valence-electron chi connectivity index (χ4n) is 3.45. The van der Waals surface area contributed by atoms with Gasteiger partial charge in [-0.1, -0.05) is 35.3 Å². The van der Waals surface area contributed by atoms with Gasteiger partial charge >= 0.3 is 0 Å². The minimum absolute atomic E-state index is 0.0160. The number of rotatable bonds is 5. The highest BCUT2D eigenvalue weighted by Crippen LogP contribution is 2.34. The summed E-state index contributed by atoms with van der Waals surface area (Å²) in [6.45, 7) is 1.52. The molecule has 1 fully saturated rings. The maximum atomic E-state index is 13.7. The van der Waals surface area contributed by atoms with Gasteiger partial charge in [0, 0.05) is 6.54 Å². The summed E-state index contributed by atoms with van der Waals surface area (Å²) in [7, 11) is -1.24. The first-order valence-corrected chi connectivity index (χ1v) is 11.0. The van der Waals surface area contributed by atoms with Crippen LogP contribution in [0.25, 0.3) is 0 Å². The second-order valence-electron chi connectivity index (χ2n) is 6.83. The van der Waals surface area contributed by atoms with Crippen molar-refractivity contribution in [3.63, 3.8) is 0 Å². The standard InChI is InChI=1S/C20H17Cl2F2N3OS/c21-14-7-11(1-3-16(14)23)19(12-2-4-17(24)15(22)8-12)20-26-10-18(27-20)29(28)13-5-6-25-9-13/h1-4,7-8,10,13,19,25H,5-6,9H2,(H,26,27). The van der Waals surface area contributed by atoms with Gasteiger partial charge in [-0.15, -0.1) is 0 Å². The number of benzene rings is 2. The zero-order valence-electron chi connectivity index (χ0n) is 15.1. The van der Waals surface area contributed by atoms with Gasteiger partial charge in [-0.05, 0) is 48.4 Å². The molecule has 0 amide bonds. The highest BCUT2D eigenvalue weighted by molar-refractivity contribution is 7.85. The number of nitrogens with one attached hydrogen (secondary N) is 2. The molecule has 1 saturated heterocycles. The quantitative estimate of drug-likeness (QED) is 0.588. The van der Waals surface area contributed by atoms with E-state index in [-0.39, 0.29) is 15.3 Å². The topological polar surface area (TPSA) is 57.8 Å². The Hall–Kier alpha value is -1.80. The zero-order chi connectivity index (χ0) is 20.5. The number of halogens is 4. The Morgan fingerprint density at radius 1 is 1.07 bits per heavy atom. The number of hydrogen-bond donors (Lipinski definition) is 2. The number of aromatic nitrogens is 2. The van der Waals surface area contributed by atoms with Crippen LogP contribution in [-0.4, -0.2) is 32.5 Å². The molecule has 3 aromatic rings. The molecule has 2 unspecified atom stereocenters. The zero-order valence-corrected chi connectivity index (χ0v) is 17.4. The maximum absolute atomic E-state index is 13.7. The van der Waals surface area contributed by atoms with E-state index in [2.05, 4.69) is 15.3 Å². The molecule has 4 nitrogen and oxygen atoms in total. The summed E-state index contributed by atoms with van der Waals surface area (Å²) in [6.07, 6.45) is 2.37. The lowest BCUT2D eigenvalue weighted by Gasteiger charge is -2.17. The van der Waals surface area contributed by atoms with Crippen LogP contribution in [0.3, 0.4) is 0 Å². The number of H-pyrrole nitrogens is 1. The van der Waals surface area contributed by atoms with Gasteiger partial charge in [0.05, 0.1) is 38.2 Å². The molecule has 4 rings (SSSR count). The van der Waals surface area contributed by atoms with Gasteiger partial charge in [-0.3, -0.25) is 4.21 Å². The molecule has 1 aliphatic heterocycles. The van der Waals surface area contributed by atoms with Crippen molar-refractivity contribution in [2.75, 3.05) is 13.1 Å². The molecule has 2 aromatic carbocycles. The monoisotopic (exact) mass is 455 g/mol. The van der Waals surface area contributed by atoms with Crippen LogP contribution in [0.5, 0.6) is 0 Å². The van der Waals surface area contributed by atoms with E-state index >= 15 is 0 Å². The van der Waals surface area contributed by atoms with Crippen molar-refractivity contribution >= 4 is 34.0 Å². The lowest BCUT2D eigenvalue weighted by atomic mass is 9.90.